The van der Waals surface area contributed by atoms with Crippen LogP contribution in [0, 0.1) is 0 Å². The molecule has 0 aromatic heterocycles. The highest BCUT2D eigenvalue weighted by molar-refractivity contribution is 6.30. The lowest BCUT2D eigenvalue weighted by molar-refractivity contribution is -0.137. The molecule has 1 saturated heterocycles. The van der Waals surface area contributed by atoms with Crippen LogP contribution < -0.4 is 0 Å². The van der Waals surface area contributed by atoms with E-state index in [9.17, 15) is 4.79 Å². The summed E-state index contributed by atoms with van der Waals surface area (Å²) < 4.78 is 4.49. The van der Waals surface area contributed by atoms with Gasteiger partial charge in [-0.05, 0) is 0 Å². The summed E-state index contributed by atoms with van der Waals surface area (Å²) >= 11 is 5.39. The Kier molecular flexibility index (Phi) is 1.19. The summed E-state index contributed by atoms with van der Waals surface area (Å²) in [5.74, 6) is -0.276. The number of cyclic esters (lactones) is 1. The predicted molar refractivity (Wildman–Crippen MR) is 25.2 cm³/mol. The molecule has 7 heavy (non-hydrogen) atoms. The lowest BCUT2D eigenvalue weighted by Crippen LogP contribution is -2.04. The van der Waals surface area contributed by atoms with Crippen molar-refractivity contribution in [1.82, 2.24) is 0 Å². The molecular weight excluding hydrogens is 115 g/mol. The zero-order valence-corrected chi connectivity index (χ0v) is 4.44. The molecule has 40 valence electrons. The van der Waals surface area contributed by atoms with Crippen LogP contribution in [0.4, 0.5) is 0 Å². The average Bonchev–Trinajstić information content (AvgIpc) is 1.91. The lowest BCUT2D eigenvalue weighted by Gasteiger charge is -1.86. The number of alkyl halides is 1. The Hall–Kier alpha value is -0.240. The molecule has 0 aromatic rings. The Morgan fingerprint density at radius 2 is 2.57 bits per heavy atom. The molecule has 1 aliphatic rings. The summed E-state index contributed by atoms with van der Waals surface area (Å²) in [7, 11) is 0. The maximum absolute atomic E-state index is 10.2. The first-order valence-corrected chi connectivity index (χ1v) is 2.55. The van der Waals surface area contributed by atoms with Crippen LogP contribution in [0.2, 0.25) is 0 Å². The van der Waals surface area contributed by atoms with E-state index in [2.05, 4.69) is 4.74 Å². The number of hydrogen-bond donors (Lipinski definition) is 0. The van der Waals surface area contributed by atoms with Gasteiger partial charge < -0.3 is 4.74 Å². The number of carbonyl (C=O) groups excluding carboxylic acids is 1. The van der Waals surface area contributed by atoms with Gasteiger partial charge >= 0.3 is 5.97 Å². The van der Waals surface area contributed by atoms with Gasteiger partial charge in [-0.3, -0.25) is 4.79 Å². The molecular formula is C4H5ClO2. The van der Waals surface area contributed by atoms with Crippen molar-refractivity contribution in [3.05, 3.63) is 0 Å². The molecule has 1 atom stereocenters. The highest BCUT2D eigenvalue weighted by atomic mass is 35.5. The van der Waals surface area contributed by atoms with Crippen molar-refractivity contribution in [2.45, 2.75) is 11.8 Å². The third kappa shape index (κ3) is 0.855. The van der Waals surface area contributed by atoms with E-state index in [0.29, 0.717) is 13.0 Å². The van der Waals surface area contributed by atoms with Crippen molar-refractivity contribution in [2.24, 2.45) is 0 Å². The summed E-state index contributed by atoms with van der Waals surface area (Å²) in [4.78, 5) is 10.2. The van der Waals surface area contributed by atoms with Gasteiger partial charge in [-0.15, -0.1) is 11.6 Å². The molecule has 0 amide bonds. The van der Waals surface area contributed by atoms with Gasteiger partial charge in [0.25, 0.3) is 0 Å². The second-order valence-corrected chi connectivity index (χ2v) is 1.95. The van der Waals surface area contributed by atoms with Gasteiger partial charge in [0, 0.05) is 6.42 Å². The number of carbonyl (C=O) groups is 1. The largest absolute Gasteiger partial charge is 0.465 e. The first-order valence-electron chi connectivity index (χ1n) is 2.11. The van der Waals surface area contributed by atoms with E-state index in [1.807, 2.05) is 0 Å². The molecule has 3 heteroatoms. The van der Waals surface area contributed by atoms with Crippen molar-refractivity contribution in [3.8, 4) is 0 Å². The number of rotatable bonds is 0. The van der Waals surface area contributed by atoms with Crippen molar-refractivity contribution in [1.29, 1.82) is 0 Å². The van der Waals surface area contributed by atoms with Crippen LogP contribution in [0.15, 0.2) is 0 Å². The maximum atomic E-state index is 10.2. The van der Waals surface area contributed by atoms with Crippen LogP contribution in [0.5, 0.6) is 0 Å². The maximum Gasteiger partial charge on any atom is 0.324 e. The van der Waals surface area contributed by atoms with Crippen molar-refractivity contribution >= 4 is 17.6 Å². The monoisotopic (exact) mass is 120 g/mol. The smallest absolute Gasteiger partial charge is 0.324 e. The van der Waals surface area contributed by atoms with Gasteiger partial charge in [0.05, 0.1) is 6.61 Å². The fourth-order valence-corrected chi connectivity index (χ4v) is 0.623. The van der Waals surface area contributed by atoms with E-state index in [1.165, 1.54) is 0 Å². The van der Waals surface area contributed by atoms with E-state index in [-0.39, 0.29) is 11.3 Å². The molecule has 1 fully saturated rings. The van der Waals surface area contributed by atoms with Crippen molar-refractivity contribution < 1.29 is 9.53 Å². The van der Waals surface area contributed by atoms with E-state index in [4.69, 9.17) is 11.6 Å². The Bertz CT molecular complexity index is 91.7. The Morgan fingerprint density at radius 3 is 2.71 bits per heavy atom. The van der Waals surface area contributed by atoms with E-state index < -0.39 is 0 Å². The van der Waals surface area contributed by atoms with Crippen molar-refractivity contribution in [2.75, 3.05) is 6.61 Å². The van der Waals surface area contributed by atoms with Crippen LogP contribution >= 0.6 is 11.6 Å². The summed E-state index contributed by atoms with van der Waals surface area (Å²) in [5, 5.41) is -0.375. The molecule has 0 spiro atoms. The van der Waals surface area contributed by atoms with Crippen LogP contribution in [0.3, 0.4) is 0 Å². The van der Waals surface area contributed by atoms with Gasteiger partial charge in [0.15, 0.2) is 0 Å². The third-order valence-corrected chi connectivity index (χ3v) is 1.27. The normalized spacial score (nSPS) is 30.4. The topological polar surface area (TPSA) is 26.3 Å². The Morgan fingerprint density at radius 1 is 1.86 bits per heavy atom. The Labute approximate surface area is 46.4 Å². The molecule has 1 rings (SSSR count). The minimum Gasteiger partial charge on any atom is -0.465 e. The number of esters is 1. The van der Waals surface area contributed by atoms with Crippen LogP contribution in [0.25, 0.3) is 0 Å². The second kappa shape index (κ2) is 1.70. The first kappa shape index (κ1) is 4.91. The summed E-state index contributed by atoms with van der Waals surface area (Å²) in [5.41, 5.74) is 0. The van der Waals surface area contributed by atoms with Crippen LogP contribution in [0.1, 0.15) is 6.42 Å². The Balaban J connectivity index is 2.48. The highest BCUT2D eigenvalue weighted by Crippen LogP contribution is 2.11. The number of hydrogen-bond acceptors (Lipinski definition) is 2. The first-order chi connectivity index (χ1) is 3.30. The van der Waals surface area contributed by atoms with Gasteiger partial charge in [-0.25, -0.2) is 0 Å². The second-order valence-electron chi connectivity index (χ2n) is 1.42. The van der Waals surface area contributed by atoms with Crippen molar-refractivity contribution in [3.63, 3.8) is 0 Å². The molecule has 0 bridgehead atoms. The van der Waals surface area contributed by atoms with Gasteiger partial charge in [0.2, 0.25) is 0 Å². The number of halogens is 1. The number of ether oxygens (including phenoxy) is 1. The quantitative estimate of drug-likeness (QED) is 0.345. The lowest BCUT2D eigenvalue weighted by atomic mass is 10.4. The van der Waals surface area contributed by atoms with Crippen LogP contribution in [-0.4, -0.2) is 18.0 Å². The molecule has 0 aliphatic carbocycles. The van der Waals surface area contributed by atoms with E-state index >= 15 is 0 Å². The molecule has 0 aromatic carbocycles. The van der Waals surface area contributed by atoms with E-state index in [1.54, 1.807) is 0 Å². The van der Waals surface area contributed by atoms with Crippen LogP contribution in [-0.2, 0) is 9.53 Å². The minimum atomic E-state index is -0.375. The molecule has 1 heterocycles. The summed E-state index contributed by atoms with van der Waals surface area (Å²) in [6, 6.07) is 0. The predicted octanol–water partition coefficient (Wildman–Crippen LogP) is 0.541. The molecule has 0 N–H and O–H groups in total. The zero-order chi connectivity index (χ0) is 5.28. The standard InChI is InChI=1S/C4H5ClO2/c5-3-1-2-7-4(3)6/h3H,1-2H2/t3-/m1/s1. The third-order valence-electron chi connectivity index (χ3n) is 0.871. The minimum absolute atomic E-state index is 0.276. The van der Waals surface area contributed by atoms with Gasteiger partial charge in [-0.2, -0.15) is 0 Å². The SMILES string of the molecule is O=C1OCC[C@H]1Cl. The molecule has 0 saturated carbocycles. The fourth-order valence-electron chi connectivity index (χ4n) is 0.471. The molecule has 0 unspecified atom stereocenters. The highest BCUT2D eigenvalue weighted by Gasteiger charge is 2.22. The molecule has 0 radical (unpaired) electrons. The molecule has 2 nitrogen and oxygen atoms in total. The average molecular weight is 121 g/mol. The van der Waals surface area contributed by atoms with Gasteiger partial charge in [-0.1, -0.05) is 0 Å². The van der Waals surface area contributed by atoms with E-state index in [0.717, 1.165) is 0 Å². The zero-order valence-electron chi connectivity index (χ0n) is 3.69. The summed E-state index contributed by atoms with van der Waals surface area (Å²) in [6.07, 6.45) is 0.667. The van der Waals surface area contributed by atoms with Gasteiger partial charge in [0.1, 0.15) is 5.38 Å². The summed E-state index contributed by atoms with van der Waals surface area (Å²) in [6.45, 7) is 0.493. The fraction of sp³-hybridized carbons (Fsp3) is 0.750. The molecule has 1 aliphatic heterocycles.